The van der Waals surface area contributed by atoms with Gasteiger partial charge in [0, 0.05) is 12.6 Å². The second-order valence-electron chi connectivity index (χ2n) is 6.16. The van der Waals surface area contributed by atoms with Gasteiger partial charge >= 0.3 is 5.97 Å². The first-order chi connectivity index (χ1) is 12.5. The Bertz CT molecular complexity index is 789. The van der Waals surface area contributed by atoms with Crippen molar-refractivity contribution in [3.05, 3.63) is 35.0 Å². The van der Waals surface area contributed by atoms with E-state index in [0.29, 0.717) is 29.8 Å². The Balaban J connectivity index is 1.96. The summed E-state index contributed by atoms with van der Waals surface area (Å²) in [4.78, 5) is 18.4. The Kier molecular flexibility index (Phi) is 5.41. The topological polar surface area (TPSA) is 86.9 Å². The van der Waals surface area contributed by atoms with Crippen molar-refractivity contribution in [2.45, 2.75) is 32.4 Å². The van der Waals surface area contributed by atoms with Gasteiger partial charge in [-0.25, -0.2) is 0 Å². The van der Waals surface area contributed by atoms with Gasteiger partial charge in [0.25, 0.3) is 0 Å². The summed E-state index contributed by atoms with van der Waals surface area (Å²) in [6, 6.07) is 3.75. The van der Waals surface area contributed by atoms with E-state index in [4.69, 9.17) is 18.7 Å². The van der Waals surface area contributed by atoms with Crippen LogP contribution in [0.1, 0.15) is 35.3 Å². The van der Waals surface area contributed by atoms with Crippen LogP contribution in [0.5, 0.6) is 11.5 Å². The van der Waals surface area contributed by atoms with E-state index in [-0.39, 0.29) is 18.4 Å². The van der Waals surface area contributed by atoms with Gasteiger partial charge in [-0.15, -0.1) is 0 Å². The molecule has 2 aromatic rings. The molecule has 0 saturated carbocycles. The van der Waals surface area contributed by atoms with E-state index in [2.05, 4.69) is 15.0 Å². The minimum atomic E-state index is -0.274. The van der Waals surface area contributed by atoms with Gasteiger partial charge in [-0.3, -0.25) is 9.69 Å². The first-order valence-electron chi connectivity index (χ1n) is 8.40. The number of benzene rings is 1. The molecule has 2 heterocycles. The van der Waals surface area contributed by atoms with Crippen LogP contribution in [0.4, 0.5) is 0 Å². The van der Waals surface area contributed by atoms with E-state index in [9.17, 15) is 4.79 Å². The van der Waals surface area contributed by atoms with Crippen molar-refractivity contribution in [3.63, 3.8) is 0 Å². The summed E-state index contributed by atoms with van der Waals surface area (Å²) in [6.07, 6.45) is 1.05. The van der Waals surface area contributed by atoms with Crippen molar-refractivity contribution in [2.75, 3.05) is 27.9 Å². The van der Waals surface area contributed by atoms with Crippen molar-refractivity contribution in [1.82, 2.24) is 15.0 Å². The number of carbonyl (C=O) groups excluding carboxylic acids is 1. The molecular weight excluding hydrogens is 338 g/mol. The molecular formula is C18H23N3O5. The van der Waals surface area contributed by atoms with Crippen LogP contribution in [0.2, 0.25) is 0 Å². The molecule has 0 amide bonds. The summed E-state index contributed by atoms with van der Waals surface area (Å²) in [5.74, 6) is 2.17. The summed E-state index contributed by atoms with van der Waals surface area (Å²) in [6.45, 7) is 3.00. The lowest BCUT2D eigenvalue weighted by Crippen LogP contribution is -2.36. The van der Waals surface area contributed by atoms with Crippen molar-refractivity contribution in [1.29, 1.82) is 0 Å². The van der Waals surface area contributed by atoms with Crippen LogP contribution in [0.3, 0.4) is 0 Å². The maximum atomic E-state index is 12.0. The van der Waals surface area contributed by atoms with E-state index >= 15 is 0 Å². The van der Waals surface area contributed by atoms with Crippen LogP contribution >= 0.6 is 0 Å². The number of nitrogens with zero attached hydrogens (tertiary/aromatic N) is 3. The predicted octanol–water partition coefficient (Wildman–Crippen LogP) is 2.06. The zero-order valence-corrected chi connectivity index (χ0v) is 15.4. The second-order valence-corrected chi connectivity index (χ2v) is 6.16. The number of esters is 1. The van der Waals surface area contributed by atoms with E-state index < -0.39 is 0 Å². The molecule has 0 spiro atoms. The molecule has 1 aliphatic rings. The van der Waals surface area contributed by atoms with Gasteiger partial charge < -0.3 is 18.7 Å². The highest BCUT2D eigenvalue weighted by Crippen LogP contribution is 2.40. The molecule has 0 unspecified atom stereocenters. The van der Waals surface area contributed by atoms with E-state index in [1.165, 1.54) is 7.11 Å². The third-order valence-electron chi connectivity index (χ3n) is 4.61. The highest BCUT2D eigenvalue weighted by molar-refractivity contribution is 5.70. The number of methoxy groups -OCH3 is 3. The average molecular weight is 361 g/mol. The average Bonchev–Trinajstić information content (AvgIpc) is 3.06. The van der Waals surface area contributed by atoms with Crippen molar-refractivity contribution < 1.29 is 23.5 Å². The maximum absolute atomic E-state index is 12.0. The van der Waals surface area contributed by atoms with Crippen molar-refractivity contribution in [3.8, 4) is 11.5 Å². The SMILES string of the molecule is COC(=O)C[C@@H]1c2cc(OC)c(OC)cc2CCN1Cc1nc(C)no1. The molecule has 1 aromatic carbocycles. The molecule has 26 heavy (non-hydrogen) atoms. The molecule has 0 bridgehead atoms. The largest absolute Gasteiger partial charge is 0.493 e. The fourth-order valence-electron chi connectivity index (χ4n) is 3.33. The first-order valence-corrected chi connectivity index (χ1v) is 8.40. The molecule has 0 aliphatic carbocycles. The minimum absolute atomic E-state index is 0.168. The summed E-state index contributed by atoms with van der Waals surface area (Å²) < 4.78 is 21.0. The Hall–Kier alpha value is -2.61. The van der Waals surface area contributed by atoms with Crippen LogP contribution in [0.25, 0.3) is 0 Å². The number of hydrogen-bond donors (Lipinski definition) is 0. The molecule has 1 aromatic heterocycles. The Labute approximate surface area is 152 Å². The Morgan fingerprint density at radius 2 is 2.00 bits per heavy atom. The van der Waals surface area contributed by atoms with E-state index in [0.717, 1.165) is 24.1 Å². The van der Waals surface area contributed by atoms with Crippen LogP contribution in [0.15, 0.2) is 16.7 Å². The van der Waals surface area contributed by atoms with Crippen molar-refractivity contribution >= 4 is 5.97 Å². The summed E-state index contributed by atoms with van der Waals surface area (Å²) in [5, 5.41) is 3.84. The lowest BCUT2D eigenvalue weighted by Gasteiger charge is -2.36. The number of hydrogen-bond acceptors (Lipinski definition) is 8. The smallest absolute Gasteiger partial charge is 0.307 e. The predicted molar refractivity (Wildman–Crippen MR) is 92.1 cm³/mol. The third kappa shape index (κ3) is 3.65. The molecule has 3 rings (SSSR count). The Morgan fingerprint density at radius 1 is 1.27 bits per heavy atom. The van der Waals surface area contributed by atoms with Gasteiger partial charge in [0.1, 0.15) is 0 Å². The molecule has 0 fully saturated rings. The van der Waals surface area contributed by atoms with Gasteiger partial charge in [-0.05, 0) is 36.6 Å². The molecule has 0 radical (unpaired) electrons. The lowest BCUT2D eigenvalue weighted by molar-refractivity contribution is -0.142. The standard InChI is InChI=1S/C18H23N3O5/c1-11-19-17(26-20-11)10-21-6-5-12-7-15(23-2)16(24-3)8-13(12)14(21)9-18(22)25-4/h7-8,14H,5-6,9-10H2,1-4H3/t14-/m1/s1. The first kappa shape index (κ1) is 18.2. The highest BCUT2D eigenvalue weighted by Gasteiger charge is 2.32. The van der Waals surface area contributed by atoms with Crippen LogP contribution in [0, 0.1) is 6.92 Å². The summed E-state index contributed by atoms with van der Waals surface area (Å²) in [5.41, 5.74) is 2.16. The molecule has 8 heteroatoms. The monoisotopic (exact) mass is 361 g/mol. The number of carbonyl (C=O) groups is 1. The molecule has 0 N–H and O–H groups in total. The van der Waals surface area contributed by atoms with Gasteiger partial charge in [-0.2, -0.15) is 4.98 Å². The van der Waals surface area contributed by atoms with Gasteiger partial charge in [-0.1, -0.05) is 5.16 Å². The van der Waals surface area contributed by atoms with Gasteiger partial charge in [0.05, 0.1) is 34.3 Å². The zero-order chi connectivity index (χ0) is 18.7. The summed E-state index contributed by atoms with van der Waals surface area (Å²) >= 11 is 0. The van der Waals surface area contributed by atoms with Crippen LogP contribution < -0.4 is 9.47 Å². The third-order valence-corrected chi connectivity index (χ3v) is 4.61. The van der Waals surface area contributed by atoms with E-state index in [1.54, 1.807) is 21.1 Å². The maximum Gasteiger partial charge on any atom is 0.307 e. The Morgan fingerprint density at radius 3 is 2.62 bits per heavy atom. The number of ether oxygens (including phenoxy) is 3. The molecule has 1 aliphatic heterocycles. The minimum Gasteiger partial charge on any atom is -0.493 e. The van der Waals surface area contributed by atoms with Gasteiger partial charge in [0.15, 0.2) is 17.3 Å². The number of aromatic nitrogens is 2. The van der Waals surface area contributed by atoms with Gasteiger partial charge in [0.2, 0.25) is 5.89 Å². The molecule has 140 valence electrons. The van der Waals surface area contributed by atoms with Crippen molar-refractivity contribution in [2.24, 2.45) is 0 Å². The lowest BCUT2D eigenvalue weighted by atomic mass is 9.90. The van der Waals surface area contributed by atoms with Crippen LogP contribution in [-0.2, 0) is 22.5 Å². The zero-order valence-electron chi connectivity index (χ0n) is 15.4. The molecule has 8 nitrogen and oxygen atoms in total. The highest BCUT2D eigenvalue weighted by atomic mass is 16.5. The van der Waals surface area contributed by atoms with E-state index in [1.807, 2.05) is 12.1 Å². The molecule has 1 atom stereocenters. The van der Waals surface area contributed by atoms with Crippen LogP contribution in [-0.4, -0.2) is 48.9 Å². The second kappa shape index (κ2) is 7.74. The number of rotatable bonds is 6. The summed E-state index contributed by atoms with van der Waals surface area (Å²) in [7, 11) is 4.61. The fourth-order valence-corrected chi connectivity index (χ4v) is 3.33. The normalized spacial score (nSPS) is 16.8. The fraction of sp³-hybridized carbons (Fsp3) is 0.500. The number of fused-ring (bicyclic) bond motifs is 1. The molecule has 0 saturated heterocycles. The number of aryl methyl sites for hydroxylation is 1. The quantitative estimate of drug-likeness (QED) is 0.723.